The van der Waals surface area contributed by atoms with Gasteiger partial charge < -0.3 is 9.26 Å². The van der Waals surface area contributed by atoms with E-state index in [4.69, 9.17) is 4.74 Å². The molecule has 3 rings (SSSR count). The van der Waals surface area contributed by atoms with Crippen LogP contribution in [-0.4, -0.2) is 25.9 Å². The van der Waals surface area contributed by atoms with Crippen molar-refractivity contribution in [1.82, 2.24) is 19.9 Å². The largest absolute Gasteiger partial charge is 0.437 e. The minimum absolute atomic E-state index is 0.116. The van der Waals surface area contributed by atoms with Crippen molar-refractivity contribution in [2.45, 2.75) is 6.18 Å². The minimum Gasteiger partial charge on any atom is -0.419 e. The van der Waals surface area contributed by atoms with Crippen molar-refractivity contribution >= 4 is 5.97 Å². The molecular formula is C13H7F3N4O3. The first-order valence-electron chi connectivity index (χ1n) is 6.14. The Labute approximate surface area is 126 Å². The van der Waals surface area contributed by atoms with Gasteiger partial charge in [-0.15, -0.1) is 0 Å². The molecule has 0 fully saturated rings. The molecule has 0 atom stereocenters. The number of aromatic nitrogens is 4. The van der Waals surface area contributed by atoms with E-state index in [9.17, 15) is 18.0 Å². The van der Waals surface area contributed by atoms with Crippen molar-refractivity contribution in [1.29, 1.82) is 0 Å². The summed E-state index contributed by atoms with van der Waals surface area (Å²) in [6, 6.07) is 2.68. The SMILES string of the molecule is O=C(Oc1cnn(-c2ccncc2)c1C(F)(F)F)c1cnoc1. The van der Waals surface area contributed by atoms with Crippen LogP contribution < -0.4 is 4.74 Å². The van der Waals surface area contributed by atoms with Gasteiger partial charge in [-0.2, -0.15) is 18.3 Å². The fourth-order valence-corrected chi connectivity index (χ4v) is 1.81. The highest BCUT2D eigenvalue weighted by atomic mass is 19.4. The molecule has 0 saturated heterocycles. The molecule has 0 amide bonds. The molecule has 3 aromatic rings. The average molecular weight is 324 g/mol. The number of halogens is 3. The molecule has 7 nitrogen and oxygen atoms in total. The van der Waals surface area contributed by atoms with Gasteiger partial charge in [-0.05, 0) is 12.1 Å². The van der Waals surface area contributed by atoms with Crippen LogP contribution in [0.2, 0.25) is 0 Å². The number of carbonyl (C=O) groups is 1. The zero-order chi connectivity index (χ0) is 16.4. The Bertz CT molecular complexity index is 813. The molecule has 0 N–H and O–H groups in total. The topological polar surface area (TPSA) is 83.0 Å². The summed E-state index contributed by atoms with van der Waals surface area (Å²) in [5, 5.41) is 6.92. The summed E-state index contributed by atoms with van der Waals surface area (Å²) in [7, 11) is 0. The number of ether oxygens (including phenoxy) is 1. The normalized spacial score (nSPS) is 11.4. The van der Waals surface area contributed by atoms with Crippen molar-refractivity contribution in [3.8, 4) is 11.4 Å². The number of alkyl halides is 3. The van der Waals surface area contributed by atoms with E-state index >= 15 is 0 Å². The maximum absolute atomic E-state index is 13.3. The van der Waals surface area contributed by atoms with E-state index in [0.29, 0.717) is 4.68 Å². The van der Waals surface area contributed by atoms with Gasteiger partial charge >= 0.3 is 12.1 Å². The molecule has 23 heavy (non-hydrogen) atoms. The first kappa shape index (κ1) is 14.8. The monoisotopic (exact) mass is 324 g/mol. The fraction of sp³-hybridized carbons (Fsp3) is 0.0769. The summed E-state index contributed by atoms with van der Waals surface area (Å²) >= 11 is 0. The maximum Gasteiger partial charge on any atom is 0.437 e. The quantitative estimate of drug-likeness (QED) is 0.688. The second-order valence-electron chi connectivity index (χ2n) is 4.28. The van der Waals surface area contributed by atoms with Crippen LogP contribution in [0.5, 0.6) is 5.75 Å². The number of hydrogen-bond donors (Lipinski definition) is 0. The van der Waals surface area contributed by atoms with E-state index < -0.39 is 23.6 Å². The van der Waals surface area contributed by atoms with Crippen LogP contribution in [-0.2, 0) is 6.18 Å². The maximum atomic E-state index is 13.3. The second-order valence-corrected chi connectivity index (χ2v) is 4.28. The molecular weight excluding hydrogens is 317 g/mol. The van der Waals surface area contributed by atoms with Crippen molar-refractivity contribution in [2.24, 2.45) is 0 Å². The Kier molecular flexibility index (Phi) is 3.56. The third-order valence-corrected chi connectivity index (χ3v) is 2.78. The summed E-state index contributed by atoms with van der Waals surface area (Å²) in [5.41, 5.74) is -1.21. The van der Waals surface area contributed by atoms with Gasteiger partial charge in [0.15, 0.2) is 11.4 Å². The van der Waals surface area contributed by atoms with E-state index in [0.717, 1.165) is 18.7 Å². The van der Waals surface area contributed by atoms with Crippen LogP contribution in [0, 0.1) is 0 Å². The average Bonchev–Trinajstić information content (AvgIpc) is 3.17. The zero-order valence-electron chi connectivity index (χ0n) is 11.2. The minimum atomic E-state index is -4.79. The van der Waals surface area contributed by atoms with Crippen molar-refractivity contribution in [3.05, 3.63) is 54.4 Å². The molecule has 0 unspecified atom stereocenters. The predicted molar refractivity (Wildman–Crippen MR) is 67.8 cm³/mol. The van der Waals surface area contributed by atoms with Gasteiger partial charge in [0.2, 0.25) is 0 Å². The highest BCUT2D eigenvalue weighted by Gasteiger charge is 2.40. The Hall–Kier alpha value is -3.17. The molecule has 10 heteroatoms. The lowest BCUT2D eigenvalue weighted by molar-refractivity contribution is -0.143. The molecule has 0 aliphatic carbocycles. The number of carbonyl (C=O) groups excluding carboxylic acids is 1. The van der Waals surface area contributed by atoms with E-state index in [-0.39, 0.29) is 11.3 Å². The Morgan fingerprint density at radius 3 is 2.57 bits per heavy atom. The summed E-state index contributed by atoms with van der Waals surface area (Å²) in [5.74, 6) is -1.76. The summed E-state index contributed by atoms with van der Waals surface area (Å²) in [6.07, 6.45) is 0.657. The van der Waals surface area contributed by atoms with E-state index in [1.807, 2.05) is 0 Å². The number of esters is 1. The molecule has 0 radical (unpaired) electrons. The number of hydrogen-bond acceptors (Lipinski definition) is 6. The molecule has 0 aliphatic heterocycles. The van der Waals surface area contributed by atoms with Gasteiger partial charge in [-0.3, -0.25) is 4.98 Å². The highest BCUT2D eigenvalue weighted by molar-refractivity contribution is 5.90. The Balaban J connectivity index is 2.01. The van der Waals surface area contributed by atoms with Gasteiger partial charge in [-0.25, -0.2) is 9.48 Å². The molecule has 0 spiro atoms. The molecule has 0 aliphatic rings. The lowest BCUT2D eigenvalue weighted by atomic mass is 10.3. The van der Waals surface area contributed by atoms with Gasteiger partial charge in [0.25, 0.3) is 0 Å². The van der Waals surface area contributed by atoms with Crippen LogP contribution in [0.25, 0.3) is 5.69 Å². The van der Waals surface area contributed by atoms with Crippen LogP contribution >= 0.6 is 0 Å². The van der Waals surface area contributed by atoms with Gasteiger partial charge in [0.05, 0.1) is 18.1 Å². The zero-order valence-corrected chi connectivity index (χ0v) is 11.2. The third-order valence-electron chi connectivity index (χ3n) is 2.78. The van der Waals surface area contributed by atoms with Gasteiger partial charge in [0.1, 0.15) is 11.8 Å². The van der Waals surface area contributed by atoms with E-state index in [1.165, 1.54) is 24.5 Å². The lowest BCUT2D eigenvalue weighted by Crippen LogP contribution is -2.16. The van der Waals surface area contributed by atoms with Crippen molar-refractivity contribution < 1.29 is 27.2 Å². The van der Waals surface area contributed by atoms with Gasteiger partial charge in [0, 0.05) is 12.4 Å². The summed E-state index contributed by atoms with van der Waals surface area (Å²) in [4.78, 5) is 15.5. The molecule has 3 aromatic heterocycles. The molecule has 0 bridgehead atoms. The standard InChI is InChI=1S/C13H7F3N4O3/c14-13(15,16)11-10(23-12(21)8-5-19-22-7-8)6-18-20(11)9-1-3-17-4-2-9/h1-7H. The second kappa shape index (κ2) is 5.55. The summed E-state index contributed by atoms with van der Waals surface area (Å²) in [6.45, 7) is 0. The van der Waals surface area contributed by atoms with Crippen molar-refractivity contribution in [3.63, 3.8) is 0 Å². The predicted octanol–water partition coefficient (Wildman–Crippen LogP) is 2.49. The Morgan fingerprint density at radius 2 is 1.96 bits per heavy atom. The smallest absolute Gasteiger partial charge is 0.419 e. The highest BCUT2D eigenvalue weighted by Crippen LogP contribution is 2.37. The number of rotatable bonds is 3. The fourth-order valence-electron chi connectivity index (χ4n) is 1.81. The lowest BCUT2D eigenvalue weighted by Gasteiger charge is -2.12. The molecule has 0 saturated carbocycles. The molecule has 0 aromatic carbocycles. The van der Waals surface area contributed by atoms with Crippen LogP contribution in [0.1, 0.15) is 16.1 Å². The van der Waals surface area contributed by atoms with Crippen molar-refractivity contribution in [2.75, 3.05) is 0 Å². The van der Waals surface area contributed by atoms with Crippen LogP contribution in [0.4, 0.5) is 13.2 Å². The van der Waals surface area contributed by atoms with Crippen LogP contribution in [0.3, 0.4) is 0 Å². The Morgan fingerprint density at radius 1 is 1.22 bits per heavy atom. The third kappa shape index (κ3) is 2.91. The summed E-state index contributed by atoms with van der Waals surface area (Å²) < 4.78 is 49.8. The van der Waals surface area contributed by atoms with E-state index in [2.05, 4.69) is 19.8 Å². The van der Waals surface area contributed by atoms with Crippen LogP contribution in [0.15, 0.2) is 47.7 Å². The number of pyridine rings is 1. The number of nitrogens with zero attached hydrogens (tertiary/aromatic N) is 4. The first-order valence-corrected chi connectivity index (χ1v) is 6.14. The van der Waals surface area contributed by atoms with Gasteiger partial charge in [-0.1, -0.05) is 5.16 Å². The first-order chi connectivity index (χ1) is 11.0. The molecule has 118 valence electrons. The van der Waals surface area contributed by atoms with E-state index in [1.54, 1.807) is 0 Å². The molecule has 3 heterocycles.